The van der Waals surface area contributed by atoms with E-state index in [4.69, 9.17) is 5.73 Å². The monoisotopic (exact) mass is 252 g/mol. The summed E-state index contributed by atoms with van der Waals surface area (Å²) >= 11 is 0. The molecule has 0 spiro atoms. The summed E-state index contributed by atoms with van der Waals surface area (Å²) in [7, 11) is 0. The molecule has 0 radical (unpaired) electrons. The second-order valence-electron chi connectivity index (χ2n) is 4.83. The van der Waals surface area contributed by atoms with E-state index >= 15 is 0 Å². The van der Waals surface area contributed by atoms with E-state index in [1.807, 2.05) is 12.1 Å². The predicted octanol–water partition coefficient (Wildman–Crippen LogP) is 3.42. The fraction of sp³-hybridized carbons (Fsp3) is 0.600. The normalized spacial score (nSPS) is 14.3. The summed E-state index contributed by atoms with van der Waals surface area (Å²) in [6.07, 6.45) is 2.33. The molecule has 3 heteroatoms. The quantitative estimate of drug-likeness (QED) is 0.805. The molecule has 0 aliphatic rings. The zero-order valence-corrected chi connectivity index (χ0v) is 11.7. The molecule has 2 unspecified atom stereocenters. The summed E-state index contributed by atoms with van der Waals surface area (Å²) < 4.78 is 13.0. The van der Waals surface area contributed by atoms with Gasteiger partial charge in [0.1, 0.15) is 5.82 Å². The summed E-state index contributed by atoms with van der Waals surface area (Å²) in [6, 6.07) is 7.01. The molecule has 0 saturated carbocycles. The van der Waals surface area contributed by atoms with Gasteiger partial charge in [-0.2, -0.15) is 0 Å². The third-order valence-corrected chi connectivity index (χ3v) is 3.54. The fourth-order valence-electron chi connectivity index (χ4n) is 2.56. The van der Waals surface area contributed by atoms with Crippen molar-refractivity contribution in [1.29, 1.82) is 0 Å². The number of halogens is 1. The highest BCUT2D eigenvalue weighted by molar-refractivity contribution is 5.47. The van der Waals surface area contributed by atoms with Crippen molar-refractivity contribution >= 4 is 5.69 Å². The lowest BCUT2D eigenvalue weighted by Crippen LogP contribution is -2.45. The molecule has 1 rings (SSSR count). The molecule has 2 atom stereocenters. The average molecular weight is 252 g/mol. The Hall–Kier alpha value is -1.09. The van der Waals surface area contributed by atoms with E-state index in [0.717, 1.165) is 12.2 Å². The van der Waals surface area contributed by atoms with Gasteiger partial charge in [0, 0.05) is 24.8 Å². The highest BCUT2D eigenvalue weighted by Crippen LogP contribution is 2.23. The van der Waals surface area contributed by atoms with Crippen molar-refractivity contribution in [2.24, 2.45) is 11.7 Å². The number of likely N-dealkylation sites (N-methyl/N-ethyl adjacent to an activating group) is 1. The standard InChI is InChI=1S/C15H25FN2/c1-4-6-12(3)15(11-17)18(5-2)14-9-7-13(16)8-10-14/h7-10,12,15H,4-6,11,17H2,1-3H3. The molecule has 0 saturated heterocycles. The second kappa shape index (κ2) is 7.37. The van der Waals surface area contributed by atoms with Crippen LogP contribution in [0.2, 0.25) is 0 Å². The van der Waals surface area contributed by atoms with Gasteiger partial charge in [0.2, 0.25) is 0 Å². The lowest BCUT2D eigenvalue weighted by atomic mass is 9.95. The molecule has 0 aliphatic heterocycles. The van der Waals surface area contributed by atoms with Gasteiger partial charge in [0.05, 0.1) is 0 Å². The van der Waals surface area contributed by atoms with Crippen LogP contribution in [0.1, 0.15) is 33.6 Å². The molecule has 0 aliphatic carbocycles. The lowest BCUT2D eigenvalue weighted by Gasteiger charge is -2.36. The molecule has 18 heavy (non-hydrogen) atoms. The number of nitrogens with zero attached hydrogens (tertiary/aromatic N) is 1. The van der Waals surface area contributed by atoms with Gasteiger partial charge in [0.15, 0.2) is 0 Å². The molecule has 0 bridgehead atoms. The smallest absolute Gasteiger partial charge is 0.123 e. The molecular formula is C15H25FN2. The molecule has 1 aromatic carbocycles. The predicted molar refractivity (Wildman–Crippen MR) is 76.3 cm³/mol. The Morgan fingerprint density at radius 2 is 1.83 bits per heavy atom. The first-order valence-electron chi connectivity index (χ1n) is 6.86. The zero-order chi connectivity index (χ0) is 13.5. The summed E-state index contributed by atoms with van der Waals surface area (Å²) in [5, 5.41) is 0. The molecule has 0 aromatic heterocycles. The molecule has 2 nitrogen and oxygen atoms in total. The van der Waals surface area contributed by atoms with E-state index in [1.165, 1.54) is 25.0 Å². The SMILES string of the molecule is CCCC(C)C(CN)N(CC)c1ccc(F)cc1. The van der Waals surface area contributed by atoms with Crippen LogP contribution in [0.4, 0.5) is 10.1 Å². The van der Waals surface area contributed by atoms with Crippen molar-refractivity contribution < 1.29 is 4.39 Å². The van der Waals surface area contributed by atoms with Crippen LogP contribution in [0.5, 0.6) is 0 Å². The van der Waals surface area contributed by atoms with E-state index in [-0.39, 0.29) is 5.82 Å². The maximum atomic E-state index is 13.0. The van der Waals surface area contributed by atoms with Crippen molar-refractivity contribution in [2.45, 2.75) is 39.7 Å². The average Bonchev–Trinajstić information content (AvgIpc) is 2.37. The topological polar surface area (TPSA) is 29.3 Å². The molecule has 1 aromatic rings. The van der Waals surface area contributed by atoms with Crippen molar-refractivity contribution in [1.82, 2.24) is 0 Å². The maximum Gasteiger partial charge on any atom is 0.123 e. The van der Waals surface area contributed by atoms with E-state index < -0.39 is 0 Å². The minimum Gasteiger partial charge on any atom is -0.367 e. The van der Waals surface area contributed by atoms with Crippen molar-refractivity contribution in [3.05, 3.63) is 30.1 Å². The Balaban J connectivity index is 2.88. The molecular weight excluding hydrogens is 227 g/mol. The minimum atomic E-state index is -0.194. The number of nitrogens with two attached hydrogens (primary N) is 1. The van der Waals surface area contributed by atoms with E-state index in [2.05, 4.69) is 25.7 Å². The van der Waals surface area contributed by atoms with Gasteiger partial charge in [-0.05, 0) is 43.5 Å². The Labute approximate surface area is 110 Å². The molecule has 0 heterocycles. The zero-order valence-electron chi connectivity index (χ0n) is 11.7. The van der Waals surface area contributed by atoms with Crippen LogP contribution in [0.3, 0.4) is 0 Å². The Morgan fingerprint density at radius 1 is 1.22 bits per heavy atom. The summed E-state index contributed by atoms with van der Waals surface area (Å²) in [4.78, 5) is 2.28. The van der Waals surface area contributed by atoms with Crippen molar-refractivity contribution in [3.63, 3.8) is 0 Å². The first kappa shape index (κ1) is 15.0. The van der Waals surface area contributed by atoms with Crippen LogP contribution in [-0.2, 0) is 0 Å². The highest BCUT2D eigenvalue weighted by Gasteiger charge is 2.21. The van der Waals surface area contributed by atoms with Crippen LogP contribution in [0.15, 0.2) is 24.3 Å². The van der Waals surface area contributed by atoms with E-state index in [9.17, 15) is 4.39 Å². The third-order valence-electron chi connectivity index (χ3n) is 3.54. The van der Waals surface area contributed by atoms with Crippen LogP contribution < -0.4 is 10.6 Å². The first-order valence-corrected chi connectivity index (χ1v) is 6.86. The number of anilines is 1. The molecule has 2 N–H and O–H groups in total. The van der Waals surface area contributed by atoms with Gasteiger partial charge in [-0.15, -0.1) is 0 Å². The Bertz CT molecular complexity index is 337. The summed E-state index contributed by atoms with van der Waals surface area (Å²) in [5.74, 6) is 0.353. The molecule has 0 amide bonds. The van der Waals surface area contributed by atoms with Crippen LogP contribution in [0.25, 0.3) is 0 Å². The highest BCUT2D eigenvalue weighted by atomic mass is 19.1. The van der Waals surface area contributed by atoms with Crippen LogP contribution in [-0.4, -0.2) is 19.1 Å². The molecule has 0 fully saturated rings. The summed E-state index contributed by atoms with van der Waals surface area (Å²) in [5.41, 5.74) is 6.98. The van der Waals surface area contributed by atoms with E-state index in [0.29, 0.717) is 18.5 Å². The Kier molecular flexibility index (Phi) is 6.13. The fourth-order valence-corrected chi connectivity index (χ4v) is 2.56. The van der Waals surface area contributed by atoms with Gasteiger partial charge in [-0.3, -0.25) is 0 Å². The summed E-state index contributed by atoms with van der Waals surface area (Å²) in [6.45, 7) is 8.07. The van der Waals surface area contributed by atoms with E-state index in [1.54, 1.807) is 0 Å². The minimum absolute atomic E-state index is 0.194. The Morgan fingerprint density at radius 3 is 2.28 bits per heavy atom. The van der Waals surface area contributed by atoms with Gasteiger partial charge in [-0.25, -0.2) is 4.39 Å². The third kappa shape index (κ3) is 3.70. The van der Waals surface area contributed by atoms with Gasteiger partial charge < -0.3 is 10.6 Å². The van der Waals surface area contributed by atoms with Crippen LogP contribution >= 0.6 is 0 Å². The lowest BCUT2D eigenvalue weighted by molar-refractivity contribution is 0.404. The number of rotatable bonds is 7. The second-order valence-corrected chi connectivity index (χ2v) is 4.83. The van der Waals surface area contributed by atoms with Crippen molar-refractivity contribution in [3.8, 4) is 0 Å². The first-order chi connectivity index (χ1) is 8.63. The van der Waals surface area contributed by atoms with Gasteiger partial charge in [0.25, 0.3) is 0 Å². The maximum absolute atomic E-state index is 13.0. The largest absolute Gasteiger partial charge is 0.367 e. The number of benzene rings is 1. The molecule has 102 valence electrons. The van der Waals surface area contributed by atoms with Gasteiger partial charge >= 0.3 is 0 Å². The van der Waals surface area contributed by atoms with Crippen molar-refractivity contribution in [2.75, 3.05) is 18.0 Å². The number of hydrogen-bond donors (Lipinski definition) is 1. The number of hydrogen-bond acceptors (Lipinski definition) is 2. The van der Waals surface area contributed by atoms with Crippen LogP contribution in [0, 0.1) is 11.7 Å². The van der Waals surface area contributed by atoms with Gasteiger partial charge in [-0.1, -0.05) is 20.3 Å².